The summed E-state index contributed by atoms with van der Waals surface area (Å²) in [5.41, 5.74) is 0.255. The van der Waals surface area contributed by atoms with E-state index in [1.54, 1.807) is 13.0 Å². The zero-order chi connectivity index (χ0) is 24.8. The van der Waals surface area contributed by atoms with E-state index in [0.717, 1.165) is 15.5 Å². The Kier molecular flexibility index (Phi) is 9.07. The highest BCUT2D eigenvalue weighted by atomic mass is 35.5. The molecule has 0 aliphatic rings. The van der Waals surface area contributed by atoms with Crippen LogP contribution in [0.5, 0.6) is 5.75 Å². The van der Waals surface area contributed by atoms with Gasteiger partial charge in [0.2, 0.25) is 21.8 Å². The molecule has 2 aromatic rings. The van der Waals surface area contributed by atoms with Gasteiger partial charge in [0.1, 0.15) is 24.2 Å². The second-order valence-corrected chi connectivity index (χ2v) is 9.61. The molecule has 0 aromatic heterocycles. The summed E-state index contributed by atoms with van der Waals surface area (Å²) >= 11 is 6.05. The predicted octanol–water partition coefficient (Wildman–Crippen LogP) is 2.81. The minimum Gasteiger partial charge on any atom is -0.495 e. The smallest absolute Gasteiger partial charge is 0.244 e. The molecule has 8 nitrogen and oxygen atoms in total. The molecule has 2 amide bonds. The van der Waals surface area contributed by atoms with Crippen molar-refractivity contribution in [3.05, 3.63) is 58.9 Å². The fourth-order valence-corrected chi connectivity index (χ4v) is 4.18. The van der Waals surface area contributed by atoms with E-state index in [2.05, 4.69) is 5.32 Å². The quantitative estimate of drug-likeness (QED) is 0.542. The Balaban J connectivity index is 2.47. The minimum absolute atomic E-state index is 0.0670. The molecular formula is C22H27ClFN3O5S. The average molecular weight is 500 g/mol. The van der Waals surface area contributed by atoms with Crippen LogP contribution in [-0.2, 0) is 26.2 Å². The summed E-state index contributed by atoms with van der Waals surface area (Å²) < 4.78 is 45.6. The third-order valence-electron chi connectivity index (χ3n) is 4.91. The highest BCUT2D eigenvalue weighted by Crippen LogP contribution is 2.33. The molecule has 0 saturated carbocycles. The summed E-state index contributed by atoms with van der Waals surface area (Å²) in [4.78, 5) is 27.0. The van der Waals surface area contributed by atoms with Gasteiger partial charge < -0.3 is 15.0 Å². The number of rotatable bonds is 10. The van der Waals surface area contributed by atoms with Crippen LogP contribution in [0.4, 0.5) is 10.1 Å². The van der Waals surface area contributed by atoms with Crippen LogP contribution in [0.25, 0.3) is 0 Å². The van der Waals surface area contributed by atoms with Crippen molar-refractivity contribution in [2.45, 2.75) is 26.4 Å². The van der Waals surface area contributed by atoms with Crippen molar-refractivity contribution in [2.75, 3.05) is 30.8 Å². The number of benzene rings is 2. The van der Waals surface area contributed by atoms with Gasteiger partial charge in [-0.2, -0.15) is 0 Å². The number of carbonyl (C=O) groups is 2. The lowest BCUT2D eigenvalue weighted by atomic mass is 10.1. The Morgan fingerprint density at radius 1 is 1.21 bits per heavy atom. The molecule has 33 heavy (non-hydrogen) atoms. The van der Waals surface area contributed by atoms with Crippen LogP contribution in [0.2, 0.25) is 5.02 Å². The van der Waals surface area contributed by atoms with Gasteiger partial charge >= 0.3 is 0 Å². The van der Waals surface area contributed by atoms with Crippen molar-refractivity contribution in [1.82, 2.24) is 10.2 Å². The lowest BCUT2D eigenvalue weighted by Crippen LogP contribution is -2.51. The zero-order valence-electron chi connectivity index (χ0n) is 18.8. The van der Waals surface area contributed by atoms with E-state index in [-0.39, 0.29) is 28.6 Å². The van der Waals surface area contributed by atoms with Gasteiger partial charge in [-0.25, -0.2) is 12.8 Å². The average Bonchev–Trinajstić information content (AvgIpc) is 2.75. The molecule has 2 rings (SSSR count). The topological polar surface area (TPSA) is 96.0 Å². The van der Waals surface area contributed by atoms with Crippen LogP contribution < -0.4 is 14.4 Å². The number of likely N-dealkylation sites (N-methyl/N-ethyl adjacent to an activating group) is 1. The number of anilines is 1. The van der Waals surface area contributed by atoms with Crippen LogP contribution in [0.1, 0.15) is 19.4 Å². The number of nitrogens with one attached hydrogen (secondary N) is 1. The molecule has 0 heterocycles. The van der Waals surface area contributed by atoms with Crippen LogP contribution in [-0.4, -0.2) is 57.6 Å². The molecule has 180 valence electrons. The van der Waals surface area contributed by atoms with E-state index in [4.69, 9.17) is 16.3 Å². The molecule has 1 N–H and O–H groups in total. The maximum atomic E-state index is 14.3. The van der Waals surface area contributed by atoms with Gasteiger partial charge in [-0.3, -0.25) is 13.9 Å². The number of nitrogens with zero attached hydrogens (tertiary/aromatic N) is 2. The summed E-state index contributed by atoms with van der Waals surface area (Å²) in [6.45, 7) is 2.68. The predicted molar refractivity (Wildman–Crippen MR) is 125 cm³/mol. The largest absolute Gasteiger partial charge is 0.495 e. The van der Waals surface area contributed by atoms with Gasteiger partial charge in [-0.15, -0.1) is 0 Å². The van der Waals surface area contributed by atoms with E-state index in [1.807, 2.05) is 0 Å². The summed E-state index contributed by atoms with van der Waals surface area (Å²) in [5.74, 6) is -1.51. The third kappa shape index (κ3) is 6.82. The summed E-state index contributed by atoms with van der Waals surface area (Å²) in [6, 6.07) is 9.24. The first-order valence-corrected chi connectivity index (χ1v) is 12.3. The normalized spacial score (nSPS) is 12.1. The standard InChI is InChI=1S/C22H27ClFN3O5S/c1-5-25-22(29)15(2)26(13-16-8-6-7-9-18(16)24)21(28)14-27(33(4,30)31)19-12-17(23)10-11-20(19)32-3/h6-12,15H,5,13-14H2,1-4H3,(H,25,29). The number of halogens is 2. The lowest BCUT2D eigenvalue weighted by Gasteiger charge is -2.31. The molecule has 0 aliphatic heterocycles. The molecule has 0 radical (unpaired) electrons. The zero-order valence-corrected chi connectivity index (χ0v) is 20.4. The van der Waals surface area contributed by atoms with Crippen LogP contribution in [0.3, 0.4) is 0 Å². The van der Waals surface area contributed by atoms with Gasteiger partial charge in [0.05, 0.1) is 19.1 Å². The molecule has 0 bridgehead atoms. The number of carbonyl (C=O) groups excluding carboxylic acids is 2. The fraction of sp³-hybridized carbons (Fsp3) is 0.364. The number of sulfonamides is 1. The lowest BCUT2D eigenvalue weighted by molar-refractivity contribution is -0.139. The van der Waals surface area contributed by atoms with Crippen molar-refractivity contribution in [3.8, 4) is 5.75 Å². The van der Waals surface area contributed by atoms with E-state index in [1.165, 1.54) is 50.4 Å². The van der Waals surface area contributed by atoms with Crippen molar-refractivity contribution in [1.29, 1.82) is 0 Å². The Morgan fingerprint density at radius 2 is 1.88 bits per heavy atom. The van der Waals surface area contributed by atoms with Gasteiger partial charge in [-0.1, -0.05) is 29.8 Å². The summed E-state index contributed by atoms with van der Waals surface area (Å²) in [7, 11) is -2.60. The van der Waals surface area contributed by atoms with Gasteiger partial charge in [0, 0.05) is 23.7 Å². The Hall–Kier alpha value is -2.85. The Morgan fingerprint density at radius 3 is 2.45 bits per heavy atom. The highest BCUT2D eigenvalue weighted by molar-refractivity contribution is 7.92. The second-order valence-electron chi connectivity index (χ2n) is 7.27. The van der Waals surface area contributed by atoms with Crippen LogP contribution in [0.15, 0.2) is 42.5 Å². The summed E-state index contributed by atoms with van der Waals surface area (Å²) in [6.07, 6.45) is 0.940. The molecule has 11 heteroatoms. The first-order chi connectivity index (χ1) is 15.5. The number of ether oxygens (including phenoxy) is 1. The molecule has 0 fully saturated rings. The number of hydrogen-bond acceptors (Lipinski definition) is 5. The highest BCUT2D eigenvalue weighted by Gasteiger charge is 2.31. The fourth-order valence-electron chi connectivity index (χ4n) is 3.17. The Bertz CT molecular complexity index is 1110. The van der Waals surface area contributed by atoms with E-state index < -0.39 is 40.2 Å². The molecular weight excluding hydrogens is 473 g/mol. The van der Waals surface area contributed by atoms with Gasteiger partial charge in [0.15, 0.2) is 0 Å². The van der Waals surface area contributed by atoms with Crippen molar-refractivity contribution < 1.29 is 27.1 Å². The number of hydrogen-bond donors (Lipinski definition) is 1. The maximum absolute atomic E-state index is 14.3. The van der Waals surface area contributed by atoms with Crippen molar-refractivity contribution in [2.24, 2.45) is 0 Å². The third-order valence-corrected chi connectivity index (χ3v) is 6.27. The molecule has 1 unspecified atom stereocenters. The first kappa shape index (κ1) is 26.4. The monoisotopic (exact) mass is 499 g/mol. The maximum Gasteiger partial charge on any atom is 0.244 e. The van der Waals surface area contributed by atoms with Gasteiger partial charge in [-0.05, 0) is 38.1 Å². The van der Waals surface area contributed by atoms with E-state index in [9.17, 15) is 22.4 Å². The van der Waals surface area contributed by atoms with Gasteiger partial charge in [0.25, 0.3) is 0 Å². The minimum atomic E-state index is -3.96. The van der Waals surface area contributed by atoms with E-state index in [0.29, 0.717) is 6.54 Å². The Labute approximate surface area is 198 Å². The molecule has 1 atom stereocenters. The van der Waals surface area contributed by atoms with Crippen molar-refractivity contribution in [3.63, 3.8) is 0 Å². The summed E-state index contributed by atoms with van der Waals surface area (Å²) in [5, 5.41) is 2.87. The molecule has 0 spiro atoms. The van der Waals surface area contributed by atoms with Crippen LogP contribution in [0, 0.1) is 5.82 Å². The second kappa shape index (κ2) is 11.3. The first-order valence-electron chi connectivity index (χ1n) is 10.1. The number of amides is 2. The SMILES string of the molecule is CCNC(=O)C(C)N(Cc1ccccc1F)C(=O)CN(c1cc(Cl)ccc1OC)S(C)(=O)=O. The number of methoxy groups -OCH3 is 1. The van der Waals surface area contributed by atoms with E-state index >= 15 is 0 Å². The molecule has 0 saturated heterocycles. The van der Waals surface area contributed by atoms with Crippen molar-refractivity contribution >= 4 is 39.1 Å². The molecule has 2 aromatic carbocycles. The van der Waals surface area contributed by atoms with Crippen LogP contribution >= 0.6 is 11.6 Å². The molecule has 0 aliphatic carbocycles.